The van der Waals surface area contributed by atoms with Crippen molar-refractivity contribution >= 4 is 33.2 Å². The summed E-state index contributed by atoms with van der Waals surface area (Å²) in [5.41, 5.74) is 4.93. The molecule has 0 saturated carbocycles. The van der Waals surface area contributed by atoms with Gasteiger partial charge in [0.1, 0.15) is 6.04 Å². The predicted molar refractivity (Wildman–Crippen MR) is 132 cm³/mol. The molecule has 1 heterocycles. The zero-order valence-corrected chi connectivity index (χ0v) is 19.9. The van der Waals surface area contributed by atoms with Crippen molar-refractivity contribution in [3.8, 4) is 0 Å². The number of sulfonamides is 1. The Kier molecular flexibility index (Phi) is 6.81. The lowest BCUT2D eigenvalue weighted by Crippen LogP contribution is -2.45. The summed E-state index contributed by atoms with van der Waals surface area (Å²) >= 11 is 0. The fourth-order valence-corrected chi connectivity index (χ4v) is 5.11. The van der Waals surface area contributed by atoms with E-state index in [0.29, 0.717) is 24.2 Å². The van der Waals surface area contributed by atoms with Gasteiger partial charge in [-0.1, -0.05) is 36.4 Å². The highest BCUT2D eigenvalue weighted by molar-refractivity contribution is 7.89. The molecule has 2 amide bonds. The van der Waals surface area contributed by atoms with Crippen LogP contribution in [0.5, 0.6) is 0 Å². The Balaban J connectivity index is 1.60. The highest BCUT2D eigenvalue weighted by Gasteiger charge is 2.27. The summed E-state index contributed by atoms with van der Waals surface area (Å²) in [6, 6.07) is 18.4. The molecule has 0 aromatic heterocycles. The Morgan fingerprint density at radius 1 is 0.971 bits per heavy atom. The van der Waals surface area contributed by atoms with Crippen LogP contribution in [0.4, 0.5) is 11.4 Å². The number of anilines is 2. The van der Waals surface area contributed by atoms with Crippen LogP contribution in [-0.2, 0) is 32.5 Å². The standard InChI is InChI=1S/C26H27N3O4S/c1-17-8-10-21(14-18(17)2)27-26(31)24(15-19-6-4-3-5-7-19)29-34(32,33)22-11-12-23-20(16-22)9-13-25(30)28-23/h3-8,10-12,14,16,24,29H,9,13,15H2,1-2H3,(H,27,31)(H,28,30)/t24-/m1/s1. The fourth-order valence-electron chi connectivity index (χ4n) is 3.87. The summed E-state index contributed by atoms with van der Waals surface area (Å²) < 4.78 is 29.1. The minimum absolute atomic E-state index is 0.0550. The second-order valence-electron chi connectivity index (χ2n) is 8.52. The Bertz CT molecular complexity index is 1340. The molecular weight excluding hydrogens is 450 g/mol. The number of rotatable bonds is 7. The Hall–Kier alpha value is -3.49. The van der Waals surface area contributed by atoms with Crippen molar-refractivity contribution in [1.29, 1.82) is 0 Å². The quantitative estimate of drug-likeness (QED) is 0.482. The van der Waals surface area contributed by atoms with Crippen LogP contribution in [0, 0.1) is 13.8 Å². The normalized spacial score (nSPS) is 14.1. The molecule has 34 heavy (non-hydrogen) atoms. The number of nitrogens with one attached hydrogen (secondary N) is 3. The van der Waals surface area contributed by atoms with Crippen LogP contribution in [-0.4, -0.2) is 26.3 Å². The molecule has 3 aromatic rings. The SMILES string of the molecule is Cc1ccc(NC(=O)[C@@H](Cc2ccccc2)NS(=O)(=O)c2ccc3c(c2)CCC(=O)N3)cc1C. The third kappa shape index (κ3) is 5.52. The third-order valence-electron chi connectivity index (χ3n) is 5.95. The lowest BCUT2D eigenvalue weighted by molar-refractivity contribution is -0.118. The average molecular weight is 478 g/mol. The number of hydrogen-bond acceptors (Lipinski definition) is 4. The van der Waals surface area contributed by atoms with E-state index in [9.17, 15) is 18.0 Å². The summed E-state index contributed by atoms with van der Waals surface area (Å²) in [5.74, 6) is -0.534. The van der Waals surface area contributed by atoms with Crippen LogP contribution in [0.1, 0.15) is 28.7 Å². The monoisotopic (exact) mass is 477 g/mol. The van der Waals surface area contributed by atoms with Crippen molar-refractivity contribution in [3.05, 3.63) is 89.0 Å². The molecule has 1 atom stereocenters. The zero-order valence-electron chi connectivity index (χ0n) is 19.1. The van der Waals surface area contributed by atoms with Crippen LogP contribution in [0.15, 0.2) is 71.6 Å². The van der Waals surface area contributed by atoms with Crippen LogP contribution in [0.3, 0.4) is 0 Å². The van der Waals surface area contributed by atoms with Crippen molar-refractivity contribution in [3.63, 3.8) is 0 Å². The van der Waals surface area contributed by atoms with Gasteiger partial charge in [-0.3, -0.25) is 9.59 Å². The van der Waals surface area contributed by atoms with E-state index in [1.807, 2.05) is 56.3 Å². The number of hydrogen-bond donors (Lipinski definition) is 3. The van der Waals surface area contributed by atoms with Gasteiger partial charge in [0, 0.05) is 17.8 Å². The molecule has 176 valence electrons. The molecule has 1 aliphatic heterocycles. The number of amides is 2. The van der Waals surface area contributed by atoms with E-state index in [2.05, 4.69) is 15.4 Å². The molecule has 0 bridgehead atoms. The van der Waals surface area contributed by atoms with Gasteiger partial charge in [-0.15, -0.1) is 0 Å². The topological polar surface area (TPSA) is 104 Å². The maximum absolute atomic E-state index is 13.3. The van der Waals surface area contributed by atoms with Gasteiger partial charge in [-0.2, -0.15) is 4.72 Å². The second-order valence-corrected chi connectivity index (χ2v) is 10.2. The molecule has 1 aliphatic rings. The minimum atomic E-state index is -4.00. The van der Waals surface area contributed by atoms with Crippen molar-refractivity contribution < 1.29 is 18.0 Å². The lowest BCUT2D eigenvalue weighted by Gasteiger charge is -2.21. The first-order valence-corrected chi connectivity index (χ1v) is 12.6. The molecule has 8 heteroatoms. The second kappa shape index (κ2) is 9.79. The molecule has 3 aromatic carbocycles. The van der Waals surface area contributed by atoms with E-state index in [1.54, 1.807) is 18.2 Å². The molecule has 0 unspecified atom stereocenters. The van der Waals surface area contributed by atoms with E-state index in [-0.39, 0.29) is 17.2 Å². The number of carbonyl (C=O) groups is 2. The van der Waals surface area contributed by atoms with Gasteiger partial charge in [0.05, 0.1) is 4.90 Å². The highest BCUT2D eigenvalue weighted by Crippen LogP contribution is 2.26. The molecule has 7 nitrogen and oxygen atoms in total. The summed E-state index contributed by atoms with van der Waals surface area (Å²) in [6.07, 6.45) is 0.960. The van der Waals surface area contributed by atoms with Crippen LogP contribution in [0.25, 0.3) is 0 Å². The largest absolute Gasteiger partial charge is 0.326 e. The van der Waals surface area contributed by atoms with Crippen molar-refractivity contribution in [2.24, 2.45) is 0 Å². The maximum Gasteiger partial charge on any atom is 0.242 e. The molecular formula is C26H27N3O4S. The van der Waals surface area contributed by atoms with Gasteiger partial charge in [0.2, 0.25) is 21.8 Å². The highest BCUT2D eigenvalue weighted by atomic mass is 32.2. The van der Waals surface area contributed by atoms with Gasteiger partial charge in [-0.05, 0) is 79.3 Å². The smallest absolute Gasteiger partial charge is 0.242 e. The zero-order chi connectivity index (χ0) is 24.3. The van der Waals surface area contributed by atoms with Gasteiger partial charge >= 0.3 is 0 Å². The molecule has 0 radical (unpaired) electrons. The minimum Gasteiger partial charge on any atom is -0.326 e. The van der Waals surface area contributed by atoms with E-state index >= 15 is 0 Å². The Morgan fingerprint density at radius 3 is 2.47 bits per heavy atom. The number of aryl methyl sites for hydroxylation is 3. The van der Waals surface area contributed by atoms with Crippen LogP contribution < -0.4 is 15.4 Å². The van der Waals surface area contributed by atoms with E-state index in [4.69, 9.17) is 0 Å². The number of benzene rings is 3. The first-order valence-electron chi connectivity index (χ1n) is 11.1. The van der Waals surface area contributed by atoms with Crippen molar-refractivity contribution in [2.45, 2.75) is 44.0 Å². The number of fused-ring (bicyclic) bond motifs is 1. The summed E-state index contributed by atoms with van der Waals surface area (Å²) in [4.78, 5) is 24.9. The molecule has 0 aliphatic carbocycles. The lowest BCUT2D eigenvalue weighted by atomic mass is 10.0. The van der Waals surface area contributed by atoms with Gasteiger partial charge < -0.3 is 10.6 Å². The van der Waals surface area contributed by atoms with Gasteiger partial charge in [0.15, 0.2) is 0 Å². The van der Waals surface area contributed by atoms with Crippen molar-refractivity contribution in [1.82, 2.24) is 4.72 Å². The summed E-state index contributed by atoms with van der Waals surface area (Å²) in [7, 11) is -4.00. The first kappa shape index (κ1) is 23.7. The predicted octanol–water partition coefficient (Wildman–Crippen LogP) is 3.72. The molecule has 0 spiro atoms. The Morgan fingerprint density at radius 2 is 1.74 bits per heavy atom. The average Bonchev–Trinajstić information content (AvgIpc) is 2.81. The molecule has 3 N–H and O–H groups in total. The van der Waals surface area contributed by atoms with Gasteiger partial charge in [-0.25, -0.2) is 8.42 Å². The van der Waals surface area contributed by atoms with Crippen LogP contribution >= 0.6 is 0 Å². The fraction of sp³-hybridized carbons (Fsp3) is 0.231. The maximum atomic E-state index is 13.3. The van der Waals surface area contributed by atoms with E-state index < -0.39 is 22.0 Å². The first-order chi connectivity index (χ1) is 16.2. The summed E-state index contributed by atoms with van der Waals surface area (Å²) in [5, 5.41) is 5.59. The number of carbonyl (C=O) groups excluding carboxylic acids is 2. The van der Waals surface area contributed by atoms with E-state index in [1.165, 1.54) is 6.07 Å². The third-order valence-corrected chi connectivity index (χ3v) is 7.42. The van der Waals surface area contributed by atoms with E-state index in [0.717, 1.165) is 22.3 Å². The molecule has 0 fully saturated rings. The van der Waals surface area contributed by atoms with Crippen LogP contribution in [0.2, 0.25) is 0 Å². The van der Waals surface area contributed by atoms with Crippen molar-refractivity contribution in [2.75, 3.05) is 10.6 Å². The van der Waals surface area contributed by atoms with Gasteiger partial charge in [0.25, 0.3) is 0 Å². The Labute approximate surface area is 199 Å². The molecule has 0 saturated heterocycles. The summed E-state index contributed by atoms with van der Waals surface area (Å²) in [6.45, 7) is 3.94. The molecule has 4 rings (SSSR count).